The minimum atomic E-state index is -0.469. The molecule has 26 heavy (non-hydrogen) atoms. The molecular formula is C18H16FN5O2. The Bertz CT molecular complexity index is 914. The molecule has 1 amide bonds. The summed E-state index contributed by atoms with van der Waals surface area (Å²) in [6, 6.07) is 12.5. The minimum Gasteiger partial charge on any atom is -0.437 e. The number of hydrazine groups is 1. The van der Waals surface area contributed by atoms with E-state index in [9.17, 15) is 9.18 Å². The molecule has 0 saturated carbocycles. The van der Waals surface area contributed by atoms with Crippen LogP contribution in [0.3, 0.4) is 0 Å². The van der Waals surface area contributed by atoms with Crippen molar-refractivity contribution in [3.8, 4) is 11.6 Å². The molecule has 0 fully saturated rings. The maximum atomic E-state index is 12.9. The molecule has 0 spiro atoms. The van der Waals surface area contributed by atoms with Crippen molar-refractivity contribution >= 4 is 17.4 Å². The zero-order valence-electron chi connectivity index (χ0n) is 13.9. The fraction of sp³-hybridized carbons (Fsp3) is 0.0556. The lowest BCUT2D eigenvalue weighted by Gasteiger charge is -2.12. The van der Waals surface area contributed by atoms with Gasteiger partial charge < -0.3 is 10.5 Å². The molecule has 0 radical (unpaired) electrons. The van der Waals surface area contributed by atoms with Crippen LogP contribution in [0, 0.1) is 12.7 Å². The molecule has 8 heteroatoms. The first-order valence-electron chi connectivity index (χ1n) is 7.70. The first kappa shape index (κ1) is 17.2. The fourth-order valence-corrected chi connectivity index (χ4v) is 2.07. The molecule has 0 aliphatic heterocycles. The average Bonchev–Trinajstić information content (AvgIpc) is 2.64. The van der Waals surface area contributed by atoms with E-state index in [1.807, 2.05) is 19.1 Å². The number of carbonyl (C=O) groups excluding carboxylic acids is 1. The van der Waals surface area contributed by atoms with Crippen molar-refractivity contribution in [1.82, 2.24) is 15.4 Å². The summed E-state index contributed by atoms with van der Waals surface area (Å²) in [5.74, 6) is 0.0127. The molecule has 2 aromatic carbocycles. The van der Waals surface area contributed by atoms with Gasteiger partial charge in [0.15, 0.2) is 5.82 Å². The van der Waals surface area contributed by atoms with Crippen LogP contribution in [-0.4, -0.2) is 15.9 Å². The van der Waals surface area contributed by atoms with Gasteiger partial charge in [-0.2, -0.15) is 4.98 Å². The number of carbonyl (C=O) groups is 1. The summed E-state index contributed by atoms with van der Waals surface area (Å²) in [5, 5.41) is 0. The van der Waals surface area contributed by atoms with E-state index in [1.54, 1.807) is 12.1 Å². The number of nitrogens with one attached hydrogen (secondary N) is 2. The standard InChI is InChI=1S/C18H16FN5O2/c1-11-2-8-14(9-3-11)26-18-15(20)16(21-10-22-18)23-24-17(25)12-4-6-13(19)7-5-12/h2-10H,20H2,1H3,(H,24,25)(H,21,22,23). The van der Waals surface area contributed by atoms with Gasteiger partial charge in [0, 0.05) is 5.56 Å². The second-order valence-corrected chi connectivity index (χ2v) is 5.44. The van der Waals surface area contributed by atoms with Gasteiger partial charge in [-0.05, 0) is 43.3 Å². The maximum absolute atomic E-state index is 12.9. The highest BCUT2D eigenvalue weighted by Crippen LogP contribution is 2.28. The number of aryl methyl sites for hydroxylation is 1. The van der Waals surface area contributed by atoms with Crippen molar-refractivity contribution in [3.05, 3.63) is 71.8 Å². The number of aromatic nitrogens is 2. The van der Waals surface area contributed by atoms with Crippen LogP contribution >= 0.6 is 0 Å². The molecule has 0 aliphatic carbocycles. The predicted molar refractivity (Wildman–Crippen MR) is 95.2 cm³/mol. The number of hydrogen-bond donors (Lipinski definition) is 3. The van der Waals surface area contributed by atoms with Crippen LogP contribution in [0.2, 0.25) is 0 Å². The second kappa shape index (κ2) is 7.47. The summed E-state index contributed by atoms with van der Waals surface area (Å²) in [6.07, 6.45) is 1.26. The Labute approximate surface area is 149 Å². The first-order chi connectivity index (χ1) is 12.5. The first-order valence-corrected chi connectivity index (χ1v) is 7.70. The number of amides is 1. The van der Waals surface area contributed by atoms with Crippen LogP contribution in [0.15, 0.2) is 54.9 Å². The monoisotopic (exact) mass is 353 g/mol. The third kappa shape index (κ3) is 4.04. The number of nitrogens with two attached hydrogens (primary N) is 1. The lowest BCUT2D eigenvalue weighted by atomic mass is 10.2. The van der Waals surface area contributed by atoms with Gasteiger partial charge in [0.2, 0.25) is 5.88 Å². The third-order valence-corrected chi connectivity index (χ3v) is 3.48. The van der Waals surface area contributed by atoms with Gasteiger partial charge in [-0.3, -0.25) is 15.6 Å². The molecular weight excluding hydrogens is 337 g/mol. The smallest absolute Gasteiger partial charge is 0.269 e. The fourth-order valence-electron chi connectivity index (χ4n) is 2.07. The minimum absolute atomic E-state index is 0.132. The molecule has 3 rings (SSSR count). The van der Waals surface area contributed by atoms with E-state index >= 15 is 0 Å². The number of nitrogen functional groups attached to an aromatic ring is 1. The van der Waals surface area contributed by atoms with E-state index < -0.39 is 11.7 Å². The third-order valence-electron chi connectivity index (χ3n) is 3.48. The quantitative estimate of drug-likeness (QED) is 0.609. The Kier molecular flexibility index (Phi) is 4.93. The molecule has 1 aromatic heterocycles. The van der Waals surface area contributed by atoms with E-state index in [0.29, 0.717) is 5.75 Å². The van der Waals surface area contributed by atoms with Crippen molar-refractivity contribution < 1.29 is 13.9 Å². The van der Waals surface area contributed by atoms with Crippen molar-refractivity contribution in [2.45, 2.75) is 6.92 Å². The summed E-state index contributed by atoms with van der Waals surface area (Å²) in [7, 11) is 0. The van der Waals surface area contributed by atoms with E-state index in [0.717, 1.165) is 5.56 Å². The zero-order valence-corrected chi connectivity index (χ0v) is 13.9. The van der Waals surface area contributed by atoms with Crippen LogP contribution in [0.5, 0.6) is 11.6 Å². The molecule has 0 saturated heterocycles. The van der Waals surface area contributed by atoms with E-state index in [4.69, 9.17) is 10.5 Å². The summed E-state index contributed by atoms with van der Waals surface area (Å²) < 4.78 is 18.5. The molecule has 0 aliphatic rings. The largest absolute Gasteiger partial charge is 0.437 e. The normalized spacial score (nSPS) is 10.2. The summed E-state index contributed by atoms with van der Waals surface area (Å²) >= 11 is 0. The summed E-state index contributed by atoms with van der Waals surface area (Å²) in [4.78, 5) is 20.0. The van der Waals surface area contributed by atoms with Gasteiger partial charge in [0.05, 0.1) is 0 Å². The molecule has 0 bridgehead atoms. The zero-order chi connectivity index (χ0) is 18.5. The highest BCUT2D eigenvalue weighted by atomic mass is 19.1. The number of halogens is 1. The number of hydrogen-bond acceptors (Lipinski definition) is 6. The Morgan fingerprint density at radius 2 is 1.77 bits per heavy atom. The van der Waals surface area contributed by atoms with E-state index in [-0.39, 0.29) is 22.9 Å². The highest BCUT2D eigenvalue weighted by Gasteiger charge is 2.12. The molecule has 0 atom stereocenters. The van der Waals surface area contributed by atoms with Gasteiger partial charge in [-0.1, -0.05) is 17.7 Å². The number of benzene rings is 2. The van der Waals surface area contributed by atoms with Gasteiger partial charge >= 0.3 is 0 Å². The number of rotatable bonds is 5. The van der Waals surface area contributed by atoms with Crippen molar-refractivity contribution in [3.63, 3.8) is 0 Å². The van der Waals surface area contributed by atoms with Crippen molar-refractivity contribution in [2.75, 3.05) is 11.2 Å². The van der Waals surface area contributed by atoms with E-state index in [2.05, 4.69) is 20.8 Å². The van der Waals surface area contributed by atoms with Gasteiger partial charge in [-0.25, -0.2) is 9.37 Å². The number of ether oxygens (including phenoxy) is 1. The lowest BCUT2D eigenvalue weighted by molar-refractivity contribution is 0.0962. The van der Waals surface area contributed by atoms with Gasteiger partial charge in [0.25, 0.3) is 5.91 Å². The maximum Gasteiger partial charge on any atom is 0.269 e. The Morgan fingerprint density at radius 1 is 1.08 bits per heavy atom. The summed E-state index contributed by atoms with van der Waals surface area (Å²) in [6.45, 7) is 1.97. The molecule has 3 aromatic rings. The van der Waals surface area contributed by atoms with Crippen LogP contribution < -0.4 is 21.3 Å². The Morgan fingerprint density at radius 3 is 2.46 bits per heavy atom. The molecule has 0 unspecified atom stereocenters. The lowest BCUT2D eigenvalue weighted by Crippen LogP contribution is -2.30. The van der Waals surface area contributed by atoms with Crippen LogP contribution in [-0.2, 0) is 0 Å². The molecule has 7 nitrogen and oxygen atoms in total. The molecule has 1 heterocycles. The van der Waals surface area contributed by atoms with Gasteiger partial charge in [0.1, 0.15) is 23.6 Å². The number of anilines is 2. The van der Waals surface area contributed by atoms with E-state index in [1.165, 1.54) is 30.6 Å². The topological polar surface area (TPSA) is 102 Å². The Balaban J connectivity index is 1.69. The SMILES string of the molecule is Cc1ccc(Oc2ncnc(NNC(=O)c3ccc(F)cc3)c2N)cc1. The van der Waals surface area contributed by atoms with Gasteiger partial charge in [-0.15, -0.1) is 0 Å². The average molecular weight is 353 g/mol. The molecule has 4 N–H and O–H groups in total. The summed E-state index contributed by atoms with van der Waals surface area (Å²) in [5.41, 5.74) is 12.5. The van der Waals surface area contributed by atoms with Crippen molar-refractivity contribution in [2.24, 2.45) is 0 Å². The van der Waals surface area contributed by atoms with Crippen LogP contribution in [0.1, 0.15) is 15.9 Å². The second-order valence-electron chi connectivity index (χ2n) is 5.44. The molecule has 132 valence electrons. The predicted octanol–water partition coefficient (Wildman–Crippen LogP) is 3.06. The Hall–Kier alpha value is -3.68. The van der Waals surface area contributed by atoms with Crippen molar-refractivity contribution in [1.29, 1.82) is 0 Å². The van der Waals surface area contributed by atoms with Crippen LogP contribution in [0.25, 0.3) is 0 Å². The highest BCUT2D eigenvalue weighted by molar-refractivity contribution is 5.95. The van der Waals surface area contributed by atoms with Crippen LogP contribution in [0.4, 0.5) is 15.9 Å². The number of nitrogens with zero attached hydrogens (tertiary/aromatic N) is 2.